The van der Waals surface area contributed by atoms with Crippen molar-refractivity contribution in [1.29, 1.82) is 0 Å². The number of ether oxygens (including phenoxy) is 2. The summed E-state index contributed by atoms with van der Waals surface area (Å²) in [6, 6.07) is 5.93. The first-order valence-electron chi connectivity index (χ1n) is 6.39. The number of aromatic nitrogens is 1. The molecule has 0 amide bonds. The van der Waals surface area contributed by atoms with Crippen LogP contribution in [0.15, 0.2) is 23.6 Å². The van der Waals surface area contributed by atoms with Gasteiger partial charge in [-0.1, -0.05) is 0 Å². The zero-order valence-corrected chi connectivity index (χ0v) is 12.6. The van der Waals surface area contributed by atoms with Crippen molar-refractivity contribution in [3.8, 4) is 16.3 Å². The van der Waals surface area contributed by atoms with Crippen molar-refractivity contribution in [3.63, 3.8) is 0 Å². The Morgan fingerprint density at radius 3 is 2.85 bits per heavy atom. The number of hydrogen-bond acceptors (Lipinski definition) is 5. The second-order valence-electron chi connectivity index (χ2n) is 4.31. The van der Waals surface area contributed by atoms with Crippen molar-refractivity contribution in [2.45, 2.75) is 20.3 Å². The number of nitrogens with zero attached hydrogens (tertiary/aromatic N) is 1. The molecule has 1 aromatic carbocycles. The smallest absolute Gasteiger partial charge is 0.311 e. The van der Waals surface area contributed by atoms with Gasteiger partial charge in [0.1, 0.15) is 10.8 Å². The van der Waals surface area contributed by atoms with E-state index in [1.54, 1.807) is 14.0 Å². The normalized spacial score (nSPS) is 10.3. The van der Waals surface area contributed by atoms with Crippen LogP contribution in [0.1, 0.15) is 18.2 Å². The number of aryl methyl sites for hydroxylation is 1. The molecule has 2 aromatic rings. The lowest BCUT2D eigenvalue weighted by molar-refractivity contribution is -0.142. The number of carbonyl (C=O) groups is 1. The van der Waals surface area contributed by atoms with Crippen molar-refractivity contribution < 1.29 is 14.3 Å². The molecule has 4 nitrogen and oxygen atoms in total. The molecule has 0 radical (unpaired) electrons. The minimum atomic E-state index is -0.240. The SMILES string of the molecule is CCOC(=O)Cc1csc(-c2ccc(OC)c(C)c2)n1. The van der Waals surface area contributed by atoms with Crippen LogP contribution in [0.5, 0.6) is 5.75 Å². The third-order valence-electron chi connectivity index (χ3n) is 2.82. The first kappa shape index (κ1) is 14.5. The van der Waals surface area contributed by atoms with Crippen LogP contribution in [0.2, 0.25) is 0 Å². The van der Waals surface area contributed by atoms with Crippen LogP contribution in [0, 0.1) is 6.92 Å². The molecule has 0 saturated heterocycles. The number of rotatable bonds is 5. The van der Waals surface area contributed by atoms with Gasteiger partial charge in [0.15, 0.2) is 0 Å². The summed E-state index contributed by atoms with van der Waals surface area (Å²) < 4.78 is 10.2. The number of esters is 1. The first-order valence-corrected chi connectivity index (χ1v) is 7.27. The minimum absolute atomic E-state index is 0.222. The lowest BCUT2D eigenvalue weighted by Gasteiger charge is -2.05. The molecule has 0 fully saturated rings. The maximum Gasteiger partial charge on any atom is 0.311 e. The molecule has 0 bridgehead atoms. The zero-order chi connectivity index (χ0) is 14.5. The van der Waals surface area contributed by atoms with Crippen LogP contribution in [0.25, 0.3) is 10.6 Å². The fourth-order valence-electron chi connectivity index (χ4n) is 1.89. The van der Waals surface area contributed by atoms with E-state index < -0.39 is 0 Å². The molecule has 2 rings (SSSR count). The van der Waals surface area contributed by atoms with Gasteiger partial charge in [-0.05, 0) is 37.6 Å². The largest absolute Gasteiger partial charge is 0.496 e. The van der Waals surface area contributed by atoms with Gasteiger partial charge in [-0.2, -0.15) is 0 Å². The predicted molar refractivity (Wildman–Crippen MR) is 79.2 cm³/mol. The van der Waals surface area contributed by atoms with Crippen molar-refractivity contribution >= 4 is 17.3 Å². The summed E-state index contributed by atoms with van der Waals surface area (Å²) >= 11 is 1.53. The lowest BCUT2D eigenvalue weighted by Crippen LogP contribution is -2.07. The van der Waals surface area contributed by atoms with E-state index in [4.69, 9.17) is 9.47 Å². The highest BCUT2D eigenvalue weighted by atomic mass is 32.1. The average molecular weight is 291 g/mol. The highest BCUT2D eigenvalue weighted by Crippen LogP contribution is 2.28. The summed E-state index contributed by atoms with van der Waals surface area (Å²) in [6.07, 6.45) is 0.222. The van der Waals surface area contributed by atoms with E-state index in [1.807, 2.05) is 30.5 Å². The fraction of sp³-hybridized carbons (Fsp3) is 0.333. The number of thiazole rings is 1. The molecule has 106 valence electrons. The Balaban J connectivity index is 2.16. The van der Waals surface area contributed by atoms with E-state index in [2.05, 4.69) is 4.98 Å². The third kappa shape index (κ3) is 3.36. The number of carbonyl (C=O) groups excluding carboxylic acids is 1. The third-order valence-corrected chi connectivity index (χ3v) is 3.76. The standard InChI is InChI=1S/C15H17NO3S/c1-4-19-14(17)8-12-9-20-15(16-12)11-5-6-13(18-3)10(2)7-11/h5-7,9H,4,8H2,1-3H3. The van der Waals surface area contributed by atoms with Crippen LogP contribution in [0.3, 0.4) is 0 Å². The average Bonchev–Trinajstić information content (AvgIpc) is 2.87. The van der Waals surface area contributed by atoms with E-state index in [-0.39, 0.29) is 12.4 Å². The molecular weight excluding hydrogens is 274 g/mol. The highest BCUT2D eigenvalue weighted by Gasteiger charge is 2.10. The fourth-order valence-corrected chi connectivity index (χ4v) is 2.71. The Morgan fingerprint density at radius 2 is 2.20 bits per heavy atom. The van der Waals surface area contributed by atoms with Crippen LogP contribution in [-0.2, 0) is 16.0 Å². The number of methoxy groups -OCH3 is 1. The lowest BCUT2D eigenvalue weighted by atomic mass is 10.1. The maximum atomic E-state index is 11.4. The topological polar surface area (TPSA) is 48.4 Å². The van der Waals surface area contributed by atoms with Gasteiger partial charge in [0, 0.05) is 10.9 Å². The van der Waals surface area contributed by atoms with Gasteiger partial charge in [-0.3, -0.25) is 4.79 Å². The van der Waals surface area contributed by atoms with Gasteiger partial charge in [-0.25, -0.2) is 4.98 Å². The summed E-state index contributed by atoms with van der Waals surface area (Å²) in [6.45, 7) is 4.19. The van der Waals surface area contributed by atoms with E-state index >= 15 is 0 Å². The highest BCUT2D eigenvalue weighted by molar-refractivity contribution is 7.13. The Labute approximate surface area is 122 Å². The maximum absolute atomic E-state index is 11.4. The van der Waals surface area contributed by atoms with Gasteiger partial charge in [0.25, 0.3) is 0 Å². The Morgan fingerprint density at radius 1 is 1.40 bits per heavy atom. The van der Waals surface area contributed by atoms with E-state index in [0.29, 0.717) is 6.61 Å². The van der Waals surface area contributed by atoms with Crippen LogP contribution >= 0.6 is 11.3 Å². The molecule has 1 aromatic heterocycles. The quantitative estimate of drug-likeness (QED) is 0.794. The minimum Gasteiger partial charge on any atom is -0.496 e. The molecular formula is C15H17NO3S. The monoisotopic (exact) mass is 291 g/mol. The summed E-state index contributed by atoms with van der Waals surface area (Å²) in [5.74, 6) is 0.618. The number of benzene rings is 1. The summed E-state index contributed by atoms with van der Waals surface area (Å²) in [4.78, 5) is 15.9. The molecule has 0 unspecified atom stereocenters. The predicted octanol–water partition coefficient (Wildman–Crippen LogP) is 3.23. The second-order valence-corrected chi connectivity index (χ2v) is 5.17. The van der Waals surface area contributed by atoms with Gasteiger partial charge in [0.2, 0.25) is 0 Å². The van der Waals surface area contributed by atoms with Crippen molar-refractivity contribution in [1.82, 2.24) is 4.98 Å². The molecule has 0 aliphatic carbocycles. The van der Waals surface area contributed by atoms with Crippen LogP contribution in [-0.4, -0.2) is 24.7 Å². The van der Waals surface area contributed by atoms with Gasteiger partial charge < -0.3 is 9.47 Å². The molecule has 0 aliphatic heterocycles. The Bertz CT molecular complexity index is 607. The van der Waals surface area contributed by atoms with Gasteiger partial charge in [-0.15, -0.1) is 11.3 Å². The molecule has 0 atom stereocenters. The van der Waals surface area contributed by atoms with Gasteiger partial charge in [0.05, 0.1) is 25.8 Å². The van der Waals surface area contributed by atoms with Crippen molar-refractivity contribution in [2.75, 3.05) is 13.7 Å². The summed E-state index contributed by atoms with van der Waals surface area (Å²) in [5, 5.41) is 2.79. The van der Waals surface area contributed by atoms with Gasteiger partial charge >= 0.3 is 5.97 Å². The molecule has 0 aliphatic rings. The van der Waals surface area contributed by atoms with Crippen molar-refractivity contribution in [2.24, 2.45) is 0 Å². The van der Waals surface area contributed by atoms with E-state index in [9.17, 15) is 4.79 Å². The molecule has 0 spiro atoms. The summed E-state index contributed by atoms with van der Waals surface area (Å²) in [7, 11) is 1.66. The summed E-state index contributed by atoms with van der Waals surface area (Å²) in [5.41, 5.74) is 2.84. The van der Waals surface area contributed by atoms with Crippen LogP contribution in [0.4, 0.5) is 0 Å². The zero-order valence-electron chi connectivity index (χ0n) is 11.8. The molecule has 0 N–H and O–H groups in total. The van der Waals surface area contributed by atoms with Crippen molar-refractivity contribution in [3.05, 3.63) is 34.8 Å². The molecule has 20 heavy (non-hydrogen) atoms. The second kappa shape index (κ2) is 6.52. The van der Waals surface area contributed by atoms with E-state index in [0.717, 1.165) is 27.6 Å². The van der Waals surface area contributed by atoms with E-state index in [1.165, 1.54) is 11.3 Å². The molecule has 0 saturated carbocycles. The number of hydrogen-bond donors (Lipinski definition) is 0. The molecule has 5 heteroatoms. The Kier molecular flexibility index (Phi) is 4.74. The molecule has 1 heterocycles. The first-order chi connectivity index (χ1) is 9.63. The van der Waals surface area contributed by atoms with Crippen LogP contribution < -0.4 is 4.74 Å². The Hall–Kier alpha value is -1.88.